The quantitative estimate of drug-likeness (QED) is 0.771. The molecule has 0 spiro atoms. The van der Waals surface area contributed by atoms with Crippen molar-refractivity contribution in [1.29, 1.82) is 0 Å². The molecule has 1 unspecified atom stereocenters. The fourth-order valence-corrected chi connectivity index (χ4v) is 1.53. The first-order chi connectivity index (χ1) is 6.65. The fourth-order valence-electron chi connectivity index (χ4n) is 1.53. The number of anilines is 1. The molecule has 0 aliphatic rings. The summed E-state index contributed by atoms with van der Waals surface area (Å²) in [5.41, 5.74) is 1.31. The van der Waals surface area contributed by atoms with Crippen LogP contribution in [-0.4, -0.2) is 6.04 Å². The van der Waals surface area contributed by atoms with E-state index in [9.17, 15) is 4.39 Å². The van der Waals surface area contributed by atoms with Crippen LogP contribution in [0.15, 0.2) is 18.2 Å². The van der Waals surface area contributed by atoms with E-state index in [1.165, 1.54) is 0 Å². The molecule has 0 saturated carbocycles. The zero-order chi connectivity index (χ0) is 10.6. The minimum absolute atomic E-state index is 0.129. The molecule has 0 bridgehead atoms. The molecule has 1 atom stereocenters. The van der Waals surface area contributed by atoms with E-state index in [1.807, 2.05) is 6.07 Å². The average molecular weight is 195 g/mol. The molecule has 0 heterocycles. The number of nitrogens with one attached hydrogen (secondary N) is 1. The minimum atomic E-state index is -0.129. The van der Waals surface area contributed by atoms with Crippen LogP contribution in [0.4, 0.5) is 10.1 Å². The first-order valence-electron chi connectivity index (χ1n) is 5.16. The highest BCUT2D eigenvalue weighted by atomic mass is 19.1. The number of halogens is 1. The van der Waals surface area contributed by atoms with E-state index in [4.69, 9.17) is 0 Å². The van der Waals surface area contributed by atoms with Crippen molar-refractivity contribution in [3.8, 4) is 0 Å². The van der Waals surface area contributed by atoms with Gasteiger partial charge in [-0.15, -0.1) is 0 Å². The highest BCUT2D eigenvalue weighted by Gasteiger charge is 2.06. The lowest BCUT2D eigenvalue weighted by atomic mass is 10.1. The molecule has 14 heavy (non-hydrogen) atoms. The number of aryl methyl sites for hydroxylation is 1. The molecule has 1 rings (SSSR count). The molecule has 0 fully saturated rings. The summed E-state index contributed by atoms with van der Waals surface area (Å²) < 4.78 is 13.5. The summed E-state index contributed by atoms with van der Waals surface area (Å²) in [6.45, 7) is 5.99. The van der Waals surface area contributed by atoms with Crippen LogP contribution in [-0.2, 0) is 0 Å². The normalized spacial score (nSPS) is 12.6. The van der Waals surface area contributed by atoms with Gasteiger partial charge in [0.15, 0.2) is 0 Å². The van der Waals surface area contributed by atoms with Crippen LogP contribution in [0.5, 0.6) is 0 Å². The molecule has 0 saturated heterocycles. The van der Waals surface area contributed by atoms with E-state index >= 15 is 0 Å². The standard InChI is InChI=1S/C12H18FN/c1-4-6-10(3)14-11-8-5-7-9(2)12(11)13/h5,7-8,10,14H,4,6H2,1-3H3. The molecule has 0 aliphatic carbocycles. The summed E-state index contributed by atoms with van der Waals surface area (Å²) in [6, 6.07) is 5.77. The van der Waals surface area contributed by atoms with Gasteiger partial charge in [0.05, 0.1) is 5.69 Å². The molecular weight excluding hydrogens is 177 g/mol. The van der Waals surface area contributed by atoms with E-state index in [0.29, 0.717) is 17.3 Å². The van der Waals surface area contributed by atoms with Gasteiger partial charge in [0.2, 0.25) is 0 Å². The van der Waals surface area contributed by atoms with Gasteiger partial charge in [0, 0.05) is 6.04 Å². The third-order valence-corrected chi connectivity index (χ3v) is 2.32. The third-order valence-electron chi connectivity index (χ3n) is 2.32. The van der Waals surface area contributed by atoms with E-state index in [1.54, 1.807) is 19.1 Å². The van der Waals surface area contributed by atoms with Gasteiger partial charge in [0.1, 0.15) is 5.82 Å². The Morgan fingerprint density at radius 2 is 2.14 bits per heavy atom. The van der Waals surface area contributed by atoms with Gasteiger partial charge in [0.25, 0.3) is 0 Å². The van der Waals surface area contributed by atoms with Crippen LogP contribution in [0.3, 0.4) is 0 Å². The van der Waals surface area contributed by atoms with Crippen LogP contribution in [0, 0.1) is 12.7 Å². The Morgan fingerprint density at radius 3 is 2.79 bits per heavy atom. The Morgan fingerprint density at radius 1 is 1.43 bits per heavy atom. The van der Waals surface area contributed by atoms with Gasteiger partial charge in [-0.1, -0.05) is 25.5 Å². The van der Waals surface area contributed by atoms with Crippen LogP contribution >= 0.6 is 0 Å². The summed E-state index contributed by atoms with van der Waals surface area (Å²) in [4.78, 5) is 0. The SMILES string of the molecule is CCCC(C)Nc1cccc(C)c1F. The molecule has 1 aromatic rings. The number of hydrogen-bond donors (Lipinski definition) is 1. The smallest absolute Gasteiger partial charge is 0.149 e. The monoisotopic (exact) mass is 195 g/mol. The Labute approximate surface area is 85.3 Å². The number of hydrogen-bond acceptors (Lipinski definition) is 1. The van der Waals surface area contributed by atoms with Crippen LogP contribution in [0.1, 0.15) is 32.3 Å². The Hall–Kier alpha value is -1.05. The van der Waals surface area contributed by atoms with Crippen LogP contribution in [0.2, 0.25) is 0 Å². The molecule has 0 aromatic heterocycles. The second kappa shape index (κ2) is 4.99. The summed E-state index contributed by atoms with van der Waals surface area (Å²) in [7, 11) is 0. The maximum Gasteiger partial charge on any atom is 0.149 e. The summed E-state index contributed by atoms with van der Waals surface area (Å²) in [6.07, 6.45) is 2.18. The lowest BCUT2D eigenvalue weighted by Gasteiger charge is -2.15. The van der Waals surface area contributed by atoms with Crippen molar-refractivity contribution in [1.82, 2.24) is 0 Å². The molecule has 2 heteroatoms. The lowest BCUT2D eigenvalue weighted by Crippen LogP contribution is -2.15. The number of benzene rings is 1. The number of rotatable bonds is 4. The summed E-state index contributed by atoms with van der Waals surface area (Å²) in [5, 5.41) is 3.18. The molecule has 0 amide bonds. The van der Waals surface area contributed by atoms with Gasteiger partial charge in [-0.2, -0.15) is 0 Å². The van der Waals surface area contributed by atoms with E-state index in [0.717, 1.165) is 12.8 Å². The Balaban J connectivity index is 2.71. The van der Waals surface area contributed by atoms with Gasteiger partial charge >= 0.3 is 0 Å². The highest BCUT2D eigenvalue weighted by Crippen LogP contribution is 2.18. The Bertz CT molecular complexity index is 296. The van der Waals surface area contributed by atoms with Crippen LogP contribution < -0.4 is 5.32 Å². The van der Waals surface area contributed by atoms with Crippen molar-refractivity contribution in [3.63, 3.8) is 0 Å². The second-order valence-corrected chi connectivity index (χ2v) is 3.77. The molecule has 1 N–H and O–H groups in total. The fraction of sp³-hybridized carbons (Fsp3) is 0.500. The van der Waals surface area contributed by atoms with Crippen molar-refractivity contribution in [2.45, 2.75) is 39.7 Å². The first kappa shape index (κ1) is 11.0. The van der Waals surface area contributed by atoms with Crippen molar-refractivity contribution in [3.05, 3.63) is 29.6 Å². The van der Waals surface area contributed by atoms with Crippen molar-refractivity contribution in [2.75, 3.05) is 5.32 Å². The molecule has 78 valence electrons. The zero-order valence-corrected chi connectivity index (χ0v) is 9.10. The predicted octanol–water partition coefficient (Wildman–Crippen LogP) is 3.73. The van der Waals surface area contributed by atoms with E-state index < -0.39 is 0 Å². The first-order valence-corrected chi connectivity index (χ1v) is 5.16. The van der Waals surface area contributed by atoms with Gasteiger partial charge in [-0.05, 0) is 31.9 Å². The topological polar surface area (TPSA) is 12.0 Å². The van der Waals surface area contributed by atoms with Gasteiger partial charge in [-0.25, -0.2) is 4.39 Å². The molecule has 0 radical (unpaired) electrons. The molecule has 0 aliphatic heterocycles. The molecule has 1 aromatic carbocycles. The Kier molecular flexibility index (Phi) is 3.93. The second-order valence-electron chi connectivity index (χ2n) is 3.77. The minimum Gasteiger partial charge on any atom is -0.380 e. The van der Waals surface area contributed by atoms with Crippen molar-refractivity contribution >= 4 is 5.69 Å². The summed E-state index contributed by atoms with van der Waals surface area (Å²) >= 11 is 0. The predicted molar refractivity (Wildman–Crippen MR) is 59.1 cm³/mol. The largest absolute Gasteiger partial charge is 0.380 e. The highest BCUT2D eigenvalue weighted by molar-refractivity contribution is 5.47. The van der Waals surface area contributed by atoms with Crippen molar-refractivity contribution < 1.29 is 4.39 Å². The van der Waals surface area contributed by atoms with Crippen LogP contribution in [0.25, 0.3) is 0 Å². The van der Waals surface area contributed by atoms with Gasteiger partial charge in [-0.3, -0.25) is 0 Å². The molecular formula is C12H18FN. The average Bonchev–Trinajstić information content (AvgIpc) is 2.13. The maximum atomic E-state index is 13.5. The maximum absolute atomic E-state index is 13.5. The van der Waals surface area contributed by atoms with Crippen molar-refractivity contribution in [2.24, 2.45) is 0 Å². The van der Waals surface area contributed by atoms with Gasteiger partial charge < -0.3 is 5.32 Å². The van der Waals surface area contributed by atoms with E-state index in [-0.39, 0.29) is 5.82 Å². The zero-order valence-electron chi connectivity index (χ0n) is 9.10. The lowest BCUT2D eigenvalue weighted by molar-refractivity contribution is 0.612. The molecule has 1 nitrogen and oxygen atoms in total. The summed E-state index contributed by atoms with van der Waals surface area (Å²) in [5.74, 6) is -0.129. The third kappa shape index (κ3) is 2.72. The van der Waals surface area contributed by atoms with E-state index in [2.05, 4.69) is 19.2 Å².